The molecule has 166 valence electrons. The number of fused-ring (bicyclic) bond motifs is 1. The Bertz CT molecular complexity index is 1170. The van der Waals surface area contributed by atoms with E-state index in [9.17, 15) is 9.59 Å². The summed E-state index contributed by atoms with van der Waals surface area (Å²) in [6, 6.07) is 26.7. The first kappa shape index (κ1) is 20.8. The second kappa shape index (κ2) is 9.20. The van der Waals surface area contributed by atoms with E-state index in [2.05, 4.69) is 0 Å². The van der Waals surface area contributed by atoms with Crippen molar-refractivity contribution in [1.82, 2.24) is 4.90 Å². The Labute approximate surface area is 192 Å². The van der Waals surface area contributed by atoms with E-state index in [1.807, 2.05) is 84.9 Å². The van der Waals surface area contributed by atoms with Gasteiger partial charge in [0.15, 0.2) is 6.23 Å². The van der Waals surface area contributed by atoms with E-state index in [1.54, 1.807) is 4.90 Å². The Kier molecular flexibility index (Phi) is 5.81. The normalized spacial score (nSPS) is 18.1. The van der Waals surface area contributed by atoms with Gasteiger partial charge in [0.1, 0.15) is 30.3 Å². The van der Waals surface area contributed by atoms with Crippen molar-refractivity contribution in [2.24, 2.45) is 0 Å². The number of amides is 1. The van der Waals surface area contributed by atoms with Crippen LogP contribution in [0.15, 0.2) is 90.7 Å². The van der Waals surface area contributed by atoms with Crippen molar-refractivity contribution in [3.05, 3.63) is 107 Å². The third-order valence-corrected chi connectivity index (χ3v) is 5.70. The van der Waals surface area contributed by atoms with Crippen molar-refractivity contribution in [2.45, 2.75) is 25.9 Å². The number of rotatable bonds is 7. The maximum Gasteiger partial charge on any atom is 0.342 e. The molecular weight excluding hydrogens is 418 g/mol. The minimum absolute atomic E-state index is 0.0247. The summed E-state index contributed by atoms with van der Waals surface area (Å²) in [5, 5.41) is 0. The zero-order valence-corrected chi connectivity index (χ0v) is 18.0. The monoisotopic (exact) mass is 441 g/mol. The van der Waals surface area contributed by atoms with Gasteiger partial charge in [0.05, 0.1) is 13.0 Å². The highest BCUT2D eigenvalue weighted by molar-refractivity contribution is 6.17. The Morgan fingerprint density at radius 3 is 2.12 bits per heavy atom. The fourth-order valence-corrected chi connectivity index (χ4v) is 3.86. The van der Waals surface area contributed by atoms with Gasteiger partial charge in [-0.15, -0.1) is 0 Å². The SMILES string of the molecule is O=C(OCc1ccccc1)/C(=C1\CN2C(=O)CC2O1)c1ccc(OCc2ccccc2)cc1. The number of nitrogens with zero attached hydrogens (tertiary/aromatic N) is 1. The molecule has 0 spiro atoms. The lowest BCUT2D eigenvalue weighted by Gasteiger charge is -2.30. The molecule has 3 aromatic carbocycles. The van der Waals surface area contributed by atoms with E-state index < -0.39 is 5.97 Å². The van der Waals surface area contributed by atoms with Crippen molar-refractivity contribution in [2.75, 3.05) is 6.54 Å². The average molecular weight is 441 g/mol. The van der Waals surface area contributed by atoms with Crippen LogP contribution < -0.4 is 4.74 Å². The molecule has 2 fully saturated rings. The van der Waals surface area contributed by atoms with E-state index in [0.717, 1.165) is 11.1 Å². The zero-order valence-electron chi connectivity index (χ0n) is 18.0. The quantitative estimate of drug-likeness (QED) is 0.311. The van der Waals surface area contributed by atoms with Gasteiger partial charge >= 0.3 is 5.97 Å². The largest absolute Gasteiger partial charge is 0.489 e. The van der Waals surface area contributed by atoms with Crippen LogP contribution in [0.25, 0.3) is 5.57 Å². The molecule has 1 amide bonds. The third-order valence-electron chi connectivity index (χ3n) is 5.70. The fourth-order valence-electron chi connectivity index (χ4n) is 3.86. The van der Waals surface area contributed by atoms with Gasteiger partial charge in [-0.25, -0.2) is 4.79 Å². The number of hydrogen-bond donors (Lipinski definition) is 0. The van der Waals surface area contributed by atoms with Gasteiger partial charge in [-0.1, -0.05) is 72.8 Å². The summed E-state index contributed by atoms with van der Waals surface area (Å²) in [4.78, 5) is 26.6. The number of β-lactam (4-membered cyclic amide) rings is 1. The summed E-state index contributed by atoms with van der Waals surface area (Å²) in [7, 11) is 0. The number of carbonyl (C=O) groups excluding carboxylic acids is 2. The van der Waals surface area contributed by atoms with E-state index in [-0.39, 0.29) is 25.3 Å². The highest BCUT2D eigenvalue weighted by Gasteiger charge is 2.45. The van der Waals surface area contributed by atoms with Crippen LogP contribution in [0.4, 0.5) is 0 Å². The lowest BCUT2D eigenvalue weighted by molar-refractivity contribution is -0.153. The first-order valence-electron chi connectivity index (χ1n) is 10.8. The van der Waals surface area contributed by atoms with E-state index in [0.29, 0.717) is 35.7 Å². The third kappa shape index (κ3) is 4.60. The standard InChI is InChI=1S/C27H23NO5/c29-24-15-25-28(24)16-23(33-25)26(27(30)32-18-20-9-5-2-6-10-20)21-11-13-22(14-12-21)31-17-19-7-3-1-4-8-19/h1-14,25H,15-18H2/b26-23+. The lowest BCUT2D eigenvalue weighted by Crippen LogP contribution is -2.48. The molecule has 0 bridgehead atoms. The number of ether oxygens (including phenoxy) is 3. The van der Waals surface area contributed by atoms with Gasteiger partial charge in [0, 0.05) is 0 Å². The Hall–Kier alpha value is -4.06. The summed E-state index contributed by atoms with van der Waals surface area (Å²) in [5.41, 5.74) is 2.96. The molecule has 0 radical (unpaired) electrons. The van der Waals surface area contributed by atoms with Gasteiger partial charge in [-0.3, -0.25) is 9.69 Å². The number of benzene rings is 3. The second-order valence-corrected chi connectivity index (χ2v) is 7.96. The molecule has 0 N–H and O–H groups in total. The summed E-state index contributed by atoms with van der Waals surface area (Å²) in [6.07, 6.45) is 0.0418. The summed E-state index contributed by atoms with van der Waals surface area (Å²) in [5.74, 6) is 0.691. The van der Waals surface area contributed by atoms with Crippen molar-refractivity contribution in [1.29, 1.82) is 0 Å². The van der Waals surface area contributed by atoms with E-state index in [1.165, 1.54) is 0 Å². The van der Waals surface area contributed by atoms with Crippen LogP contribution in [0.5, 0.6) is 5.75 Å². The molecule has 2 aliphatic heterocycles. The van der Waals surface area contributed by atoms with E-state index >= 15 is 0 Å². The van der Waals surface area contributed by atoms with Crippen LogP contribution >= 0.6 is 0 Å². The van der Waals surface area contributed by atoms with Gasteiger partial charge in [-0.2, -0.15) is 0 Å². The van der Waals surface area contributed by atoms with Crippen molar-refractivity contribution in [3.63, 3.8) is 0 Å². The lowest BCUT2D eigenvalue weighted by atomic mass is 10.0. The van der Waals surface area contributed by atoms with E-state index in [4.69, 9.17) is 14.2 Å². The van der Waals surface area contributed by atoms with Crippen LogP contribution in [0, 0.1) is 0 Å². The zero-order chi connectivity index (χ0) is 22.6. The highest BCUT2D eigenvalue weighted by Crippen LogP contribution is 2.35. The summed E-state index contributed by atoms with van der Waals surface area (Å²) < 4.78 is 17.4. The van der Waals surface area contributed by atoms with Crippen molar-refractivity contribution < 1.29 is 23.8 Å². The number of hydrogen-bond acceptors (Lipinski definition) is 5. The fraction of sp³-hybridized carbons (Fsp3) is 0.185. The Morgan fingerprint density at radius 1 is 0.879 bits per heavy atom. The first-order valence-corrected chi connectivity index (χ1v) is 10.8. The molecule has 1 unspecified atom stereocenters. The molecule has 0 aromatic heterocycles. The average Bonchev–Trinajstić information content (AvgIpc) is 3.20. The minimum Gasteiger partial charge on any atom is -0.489 e. The molecule has 6 heteroatoms. The maximum atomic E-state index is 13.1. The topological polar surface area (TPSA) is 65.1 Å². The molecule has 2 heterocycles. The van der Waals surface area contributed by atoms with Crippen molar-refractivity contribution >= 4 is 17.4 Å². The molecule has 2 saturated heterocycles. The molecule has 0 saturated carbocycles. The Morgan fingerprint density at radius 2 is 1.52 bits per heavy atom. The molecule has 33 heavy (non-hydrogen) atoms. The van der Waals surface area contributed by atoms with Crippen LogP contribution in [0.2, 0.25) is 0 Å². The van der Waals surface area contributed by atoms with Gasteiger partial charge in [0.2, 0.25) is 5.91 Å². The van der Waals surface area contributed by atoms with Crippen LogP contribution in [-0.2, 0) is 32.3 Å². The predicted molar refractivity (Wildman–Crippen MR) is 122 cm³/mol. The molecule has 5 rings (SSSR count). The van der Waals surface area contributed by atoms with Crippen molar-refractivity contribution in [3.8, 4) is 5.75 Å². The molecule has 0 aliphatic carbocycles. The minimum atomic E-state index is -0.484. The molecule has 3 aromatic rings. The molecule has 2 aliphatic rings. The molecule has 1 atom stereocenters. The van der Waals surface area contributed by atoms with Crippen LogP contribution in [0.3, 0.4) is 0 Å². The summed E-state index contributed by atoms with van der Waals surface area (Å²) >= 11 is 0. The molecular formula is C27H23NO5. The number of esters is 1. The van der Waals surface area contributed by atoms with Gasteiger partial charge in [-0.05, 0) is 28.8 Å². The first-order chi connectivity index (χ1) is 16.2. The summed E-state index contributed by atoms with van der Waals surface area (Å²) in [6.45, 7) is 0.876. The van der Waals surface area contributed by atoms with Crippen LogP contribution in [-0.4, -0.2) is 29.5 Å². The Balaban J connectivity index is 1.35. The maximum absolute atomic E-state index is 13.1. The van der Waals surface area contributed by atoms with Gasteiger partial charge in [0.25, 0.3) is 0 Å². The molecule has 6 nitrogen and oxygen atoms in total. The van der Waals surface area contributed by atoms with Crippen LogP contribution in [0.1, 0.15) is 23.1 Å². The second-order valence-electron chi connectivity index (χ2n) is 7.96. The predicted octanol–water partition coefficient (Wildman–Crippen LogP) is 4.31. The smallest absolute Gasteiger partial charge is 0.342 e. The highest BCUT2D eigenvalue weighted by atomic mass is 16.5. The number of carbonyl (C=O) groups is 2. The van der Waals surface area contributed by atoms with Gasteiger partial charge < -0.3 is 14.2 Å².